The normalized spacial score (nSPS) is 17.3. The number of carboxylic acids is 1. The average Bonchev–Trinajstić information content (AvgIpc) is 3.07. The van der Waals surface area contributed by atoms with Gasteiger partial charge in [0.2, 0.25) is 5.95 Å². The van der Waals surface area contributed by atoms with Gasteiger partial charge < -0.3 is 20.7 Å². The zero-order valence-electron chi connectivity index (χ0n) is 12.7. The van der Waals surface area contributed by atoms with Crippen LogP contribution in [0.25, 0.3) is 11.2 Å². The van der Waals surface area contributed by atoms with Crippen LogP contribution in [0.3, 0.4) is 0 Å². The van der Waals surface area contributed by atoms with Gasteiger partial charge in [-0.2, -0.15) is 4.98 Å². The number of nitrogens with zero attached hydrogens (tertiary/aromatic N) is 3. The van der Waals surface area contributed by atoms with E-state index in [0.29, 0.717) is 35.9 Å². The van der Waals surface area contributed by atoms with Crippen molar-refractivity contribution in [2.24, 2.45) is 0 Å². The molecule has 3 heterocycles. The Morgan fingerprint density at radius 3 is 3.00 bits per heavy atom. The van der Waals surface area contributed by atoms with E-state index in [2.05, 4.69) is 25.6 Å². The molecule has 3 rings (SSSR count). The number of aromatic amines is 1. The fraction of sp³-hybridized carbons (Fsp3) is 0.357. The zero-order chi connectivity index (χ0) is 17.1. The summed E-state index contributed by atoms with van der Waals surface area (Å²) in [6.45, 7) is -0.0796. The molecule has 0 radical (unpaired) electrons. The number of nitrogens with one attached hydrogen (secondary N) is 3. The Kier molecular flexibility index (Phi) is 4.27. The van der Waals surface area contributed by atoms with Crippen LogP contribution in [-0.4, -0.2) is 62.0 Å². The molecule has 24 heavy (non-hydrogen) atoms. The SMILES string of the molecule is O=C(O)CN1C(=O)N[C@@H](CCCNc2nc3ncccc3[nH]2)C1=O. The number of imidazole rings is 1. The van der Waals surface area contributed by atoms with Gasteiger partial charge in [0.15, 0.2) is 5.65 Å². The van der Waals surface area contributed by atoms with E-state index < -0.39 is 30.5 Å². The standard InChI is InChI=1S/C14H16N6O4/c21-10(22)7-20-12(23)9(18-14(20)24)4-2-6-16-13-17-8-3-1-5-15-11(8)19-13/h1,3,5,9H,2,4,6-7H2,(H,18,24)(H,21,22)(H2,15,16,17,19)/t9-/m0/s1. The Balaban J connectivity index is 1.47. The lowest BCUT2D eigenvalue weighted by Crippen LogP contribution is -2.36. The maximum Gasteiger partial charge on any atom is 0.325 e. The second-order valence-corrected chi connectivity index (χ2v) is 5.35. The summed E-state index contributed by atoms with van der Waals surface area (Å²) in [7, 11) is 0. The Bertz CT molecular complexity index is 755. The molecule has 10 heteroatoms. The molecule has 1 aliphatic rings. The summed E-state index contributed by atoms with van der Waals surface area (Å²) < 4.78 is 0. The molecule has 3 amide bonds. The van der Waals surface area contributed by atoms with Crippen molar-refractivity contribution in [1.82, 2.24) is 25.2 Å². The Morgan fingerprint density at radius 2 is 2.25 bits per heavy atom. The minimum Gasteiger partial charge on any atom is -0.480 e. The number of pyridine rings is 1. The van der Waals surface area contributed by atoms with Crippen molar-refractivity contribution in [1.29, 1.82) is 0 Å². The molecular formula is C14H16N6O4. The van der Waals surface area contributed by atoms with Gasteiger partial charge in [-0.25, -0.2) is 9.78 Å². The Hall–Kier alpha value is -3.17. The number of anilines is 1. The monoisotopic (exact) mass is 332 g/mol. The first kappa shape index (κ1) is 15.7. The molecule has 1 fully saturated rings. The van der Waals surface area contributed by atoms with Crippen molar-refractivity contribution >= 4 is 35.0 Å². The lowest BCUT2D eigenvalue weighted by Gasteiger charge is -2.10. The molecule has 4 N–H and O–H groups in total. The van der Waals surface area contributed by atoms with E-state index in [0.717, 1.165) is 5.52 Å². The molecule has 1 aliphatic heterocycles. The zero-order valence-corrected chi connectivity index (χ0v) is 12.7. The number of urea groups is 1. The van der Waals surface area contributed by atoms with E-state index in [1.54, 1.807) is 6.20 Å². The average molecular weight is 332 g/mol. The summed E-state index contributed by atoms with van der Waals surface area (Å²) >= 11 is 0. The summed E-state index contributed by atoms with van der Waals surface area (Å²) in [6, 6.07) is 2.32. The molecule has 1 saturated heterocycles. The maximum absolute atomic E-state index is 12.0. The van der Waals surface area contributed by atoms with Gasteiger partial charge in [-0.15, -0.1) is 0 Å². The molecule has 10 nitrogen and oxygen atoms in total. The Morgan fingerprint density at radius 1 is 1.42 bits per heavy atom. The number of imide groups is 1. The molecular weight excluding hydrogens is 316 g/mol. The number of fused-ring (bicyclic) bond motifs is 1. The van der Waals surface area contributed by atoms with E-state index in [1.165, 1.54) is 0 Å². The molecule has 0 spiro atoms. The third kappa shape index (κ3) is 3.26. The van der Waals surface area contributed by atoms with Crippen molar-refractivity contribution in [2.45, 2.75) is 18.9 Å². The number of hydrogen-bond acceptors (Lipinski definition) is 6. The number of H-pyrrole nitrogens is 1. The molecule has 2 aromatic rings. The molecule has 2 aromatic heterocycles. The number of aliphatic carboxylic acids is 1. The van der Waals surface area contributed by atoms with E-state index in [4.69, 9.17) is 5.11 Å². The van der Waals surface area contributed by atoms with Crippen LogP contribution in [0.15, 0.2) is 18.3 Å². The van der Waals surface area contributed by atoms with Gasteiger partial charge >= 0.3 is 12.0 Å². The van der Waals surface area contributed by atoms with Crippen molar-refractivity contribution < 1.29 is 19.5 Å². The number of rotatable bonds is 7. The quantitative estimate of drug-likeness (QED) is 0.418. The third-order valence-corrected chi connectivity index (χ3v) is 3.62. The van der Waals surface area contributed by atoms with Crippen LogP contribution in [-0.2, 0) is 9.59 Å². The number of carbonyl (C=O) groups excluding carboxylic acids is 2. The topological polar surface area (TPSA) is 140 Å². The first-order valence-electron chi connectivity index (χ1n) is 7.43. The summed E-state index contributed by atoms with van der Waals surface area (Å²) in [5.74, 6) is -1.15. The number of amides is 3. The highest BCUT2D eigenvalue weighted by Crippen LogP contribution is 2.13. The predicted molar refractivity (Wildman–Crippen MR) is 83.3 cm³/mol. The highest BCUT2D eigenvalue weighted by molar-refractivity contribution is 6.05. The first-order valence-corrected chi connectivity index (χ1v) is 7.43. The minimum atomic E-state index is -1.22. The van der Waals surface area contributed by atoms with Crippen LogP contribution in [0.1, 0.15) is 12.8 Å². The number of aromatic nitrogens is 3. The van der Waals surface area contributed by atoms with Crippen LogP contribution in [0, 0.1) is 0 Å². The van der Waals surface area contributed by atoms with Crippen molar-refractivity contribution in [3.63, 3.8) is 0 Å². The van der Waals surface area contributed by atoms with E-state index in [1.807, 2.05) is 12.1 Å². The summed E-state index contributed by atoms with van der Waals surface area (Å²) in [5, 5.41) is 14.3. The van der Waals surface area contributed by atoms with E-state index in [-0.39, 0.29) is 0 Å². The van der Waals surface area contributed by atoms with Crippen molar-refractivity contribution in [3.05, 3.63) is 18.3 Å². The minimum absolute atomic E-state index is 0.409. The van der Waals surface area contributed by atoms with Crippen LogP contribution in [0.5, 0.6) is 0 Å². The van der Waals surface area contributed by atoms with Crippen molar-refractivity contribution in [2.75, 3.05) is 18.4 Å². The molecule has 1 atom stereocenters. The molecule has 126 valence electrons. The fourth-order valence-corrected chi connectivity index (χ4v) is 2.50. The lowest BCUT2D eigenvalue weighted by atomic mass is 10.1. The van der Waals surface area contributed by atoms with Gasteiger partial charge in [-0.05, 0) is 25.0 Å². The van der Waals surface area contributed by atoms with Crippen LogP contribution >= 0.6 is 0 Å². The predicted octanol–water partition coefficient (Wildman–Crippen LogP) is 0.155. The van der Waals surface area contributed by atoms with Crippen LogP contribution in [0.4, 0.5) is 10.7 Å². The van der Waals surface area contributed by atoms with Gasteiger partial charge in [0, 0.05) is 12.7 Å². The van der Waals surface area contributed by atoms with Gasteiger partial charge in [0.1, 0.15) is 12.6 Å². The van der Waals surface area contributed by atoms with Gasteiger partial charge in [0.25, 0.3) is 5.91 Å². The largest absolute Gasteiger partial charge is 0.480 e. The second kappa shape index (κ2) is 6.52. The fourth-order valence-electron chi connectivity index (χ4n) is 2.50. The smallest absolute Gasteiger partial charge is 0.325 e. The van der Waals surface area contributed by atoms with E-state index in [9.17, 15) is 14.4 Å². The second-order valence-electron chi connectivity index (χ2n) is 5.35. The van der Waals surface area contributed by atoms with Gasteiger partial charge in [-0.3, -0.25) is 14.5 Å². The van der Waals surface area contributed by atoms with Gasteiger partial charge in [0.05, 0.1) is 5.52 Å². The molecule has 0 bridgehead atoms. The highest BCUT2D eigenvalue weighted by Gasteiger charge is 2.38. The van der Waals surface area contributed by atoms with E-state index >= 15 is 0 Å². The third-order valence-electron chi connectivity index (χ3n) is 3.62. The summed E-state index contributed by atoms with van der Waals surface area (Å²) in [6.07, 6.45) is 2.67. The Labute approximate surface area is 136 Å². The summed E-state index contributed by atoms with van der Waals surface area (Å²) in [4.78, 5) is 46.4. The van der Waals surface area contributed by atoms with Gasteiger partial charge in [-0.1, -0.05) is 0 Å². The molecule has 0 unspecified atom stereocenters. The number of carbonyl (C=O) groups is 3. The highest BCUT2D eigenvalue weighted by atomic mass is 16.4. The maximum atomic E-state index is 12.0. The van der Waals surface area contributed by atoms with Crippen molar-refractivity contribution in [3.8, 4) is 0 Å². The number of hydrogen-bond donors (Lipinski definition) is 4. The lowest BCUT2D eigenvalue weighted by molar-refractivity contribution is -0.141. The molecule has 0 aliphatic carbocycles. The summed E-state index contributed by atoms with van der Waals surface area (Å²) in [5.41, 5.74) is 1.44. The number of carboxylic acid groups (broad SMARTS) is 1. The first-order chi connectivity index (χ1) is 11.5. The van der Waals surface area contributed by atoms with Crippen LogP contribution in [0.2, 0.25) is 0 Å². The molecule has 0 saturated carbocycles. The van der Waals surface area contributed by atoms with Crippen LogP contribution < -0.4 is 10.6 Å². The molecule has 0 aromatic carbocycles.